The van der Waals surface area contributed by atoms with Crippen LogP contribution in [0.15, 0.2) is 60.0 Å². The highest BCUT2D eigenvalue weighted by molar-refractivity contribution is 7.09. The van der Waals surface area contributed by atoms with E-state index in [0.717, 1.165) is 15.8 Å². The summed E-state index contributed by atoms with van der Waals surface area (Å²) in [4.78, 5) is 53.4. The number of carbonyl (C=O) groups is 3. The normalized spacial score (nSPS) is 15.5. The van der Waals surface area contributed by atoms with Gasteiger partial charge in [-0.2, -0.15) is 0 Å². The number of carbonyl (C=O) groups excluding carboxylic acids is 3. The van der Waals surface area contributed by atoms with Gasteiger partial charge in [0.15, 0.2) is 0 Å². The quantitative estimate of drug-likeness (QED) is 0.272. The number of ether oxygens (including phenoxy) is 1. The van der Waals surface area contributed by atoms with E-state index in [1.165, 1.54) is 35.5 Å². The third kappa shape index (κ3) is 4.50. The van der Waals surface area contributed by atoms with Crippen molar-refractivity contribution in [3.63, 3.8) is 0 Å². The molecule has 2 heterocycles. The number of amides is 3. The van der Waals surface area contributed by atoms with Crippen LogP contribution in [0.1, 0.15) is 21.7 Å². The minimum atomic E-state index is -1.07. The van der Waals surface area contributed by atoms with Crippen LogP contribution in [0.2, 0.25) is 5.02 Å². The molecule has 1 atom stereocenters. The van der Waals surface area contributed by atoms with Crippen LogP contribution in [0.4, 0.5) is 11.4 Å². The number of nitro benzene ring substituents is 1. The first-order valence-electron chi connectivity index (χ1n) is 10.1. The van der Waals surface area contributed by atoms with Crippen molar-refractivity contribution in [3.05, 3.63) is 85.6 Å². The molecule has 3 aromatic rings. The molecule has 2 aromatic carbocycles. The first-order chi connectivity index (χ1) is 16.3. The van der Waals surface area contributed by atoms with Gasteiger partial charge in [0.05, 0.1) is 30.7 Å². The molecule has 1 fully saturated rings. The SMILES string of the molecule is COc1ccc(N2C(=O)CC(N(Cc3cccs3)C(=O)c3ccc(Cl)c([N+](=O)[O-])c3)C2=O)cc1. The van der Waals surface area contributed by atoms with Crippen molar-refractivity contribution in [2.24, 2.45) is 0 Å². The zero-order valence-corrected chi connectivity index (χ0v) is 19.4. The molecule has 11 heteroatoms. The molecular formula is C23H18ClN3O6S. The Morgan fingerprint density at radius 2 is 1.97 bits per heavy atom. The summed E-state index contributed by atoms with van der Waals surface area (Å²) in [6.45, 7) is 0.0626. The summed E-state index contributed by atoms with van der Waals surface area (Å²) in [5.41, 5.74) is -0.0583. The minimum absolute atomic E-state index is 0.00389. The van der Waals surface area contributed by atoms with Crippen molar-refractivity contribution in [1.29, 1.82) is 0 Å². The van der Waals surface area contributed by atoms with E-state index in [2.05, 4.69) is 0 Å². The van der Waals surface area contributed by atoms with Crippen molar-refractivity contribution in [2.75, 3.05) is 12.0 Å². The highest BCUT2D eigenvalue weighted by atomic mass is 35.5. The van der Waals surface area contributed by atoms with Gasteiger partial charge in [-0.05, 0) is 47.8 Å². The van der Waals surface area contributed by atoms with Gasteiger partial charge < -0.3 is 9.64 Å². The molecule has 0 spiro atoms. The minimum Gasteiger partial charge on any atom is -0.497 e. The van der Waals surface area contributed by atoms with E-state index in [4.69, 9.17) is 16.3 Å². The number of halogens is 1. The van der Waals surface area contributed by atoms with Crippen molar-refractivity contribution < 1.29 is 24.0 Å². The number of nitro groups is 1. The molecule has 0 bridgehead atoms. The van der Waals surface area contributed by atoms with Crippen molar-refractivity contribution >= 4 is 52.0 Å². The lowest BCUT2D eigenvalue weighted by Gasteiger charge is -2.27. The van der Waals surface area contributed by atoms with E-state index in [1.807, 2.05) is 5.38 Å². The molecule has 1 aliphatic heterocycles. The highest BCUT2D eigenvalue weighted by Gasteiger charge is 2.44. The number of hydrogen-bond donors (Lipinski definition) is 0. The van der Waals surface area contributed by atoms with E-state index in [0.29, 0.717) is 11.4 Å². The van der Waals surface area contributed by atoms with Gasteiger partial charge in [0.25, 0.3) is 17.5 Å². The first-order valence-corrected chi connectivity index (χ1v) is 11.3. The summed E-state index contributed by atoms with van der Waals surface area (Å²) >= 11 is 7.28. The Kier molecular flexibility index (Phi) is 6.62. The van der Waals surface area contributed by atoms with Crippen molar-refractivity contribution in [1.82, 2.24) is 4.90 Å². The molecule has 3 amide bonds. The van der Waals surface area contributed by atoms with Crippen LogP contribution < -0.4 is 9.64 Å². The van der Waals surface area contributed by atoms with Crippen LogP contribution in [0.25, 0.3) is 0 Å². The van der Waals surface area contributed by atoms with Gasteiger partial charge >= 0.3 is 0 Å². The van der Waals surface area contributed by atoms with Crippen molar-refractivity contribution in [3.8, 4) is 5.75 Å². The molecule has 9 nitrogen and oxygen atoms in total. The first kappa shape index (κ1) is 23.4. The average molecular weight is 500 g/mol. The number of benzene rings is 2. The van der Waals surface area contributed by atoms with E-state index in [-0.39, 0.29) is 23.6 Å². The van der Waals surface area contributed by atoms with Crippen LogP contribution in [-0.4, -0.2) is 40.7 Å². The Morgan fingerprint density at radius 3 is 2.59 bits per heavy atom. The lowest BCUT2D eigenvalue weighted by atomic mass is 10.1. The monoisotopic (exact) mass is 499 g/mol. The fraction of sp³-hybridized carbons (Fsp3) is 0.174. The summed E-state index contributed by atoms with van der Waals surface area (Å²) in [6, 6.07) is 12.7. The molecule has 1 saturated heterocycles. The summed E-state index contributed by atoms with van der Waals surface area (Å²) in [5.74, 6) is -1.05. The third-order valence-corrected chi connectivity index (χ3v) is 6.57. The topological polar surface area (TPSA) is 110 Å². The molecule has 174 valence electrons. The summed E-state index contributed by atoms with van der Waals surface area (Å²) in [6.07, 6.45) is -0.211. The number of thiophene rings is 1. The second-order valence-corrected chi connectivity index (χ2v) is 8.86. The van der Waals surface area contributed by atoms with E-state index < -0.39 is 34.4 Å². The van der Waals surface area contributed by atoms with Crippen LogP contribution in [0, 0.1) is 10.1 Å². The standard InChI is InChI=1S/C23H18ClN3O6S/c1-33-16-7-5-15(6-8-16)26-21(28)12-20(23(26)30)25(13-17-3-2-10-34-17)22(29)14-4-9-18(24)19(11-14)27(31)32/h2-11,20H,12-13H2,1H3. The predicted molar refractivity (Wildman–Crippen MR) is 126 cm³/mol. The molecule has 0 radical (unpaired) electrons. The summed E-state index contributed by atoms with van der Waals surface area (Å²) < 4.78 is 5.12. The number of imide groups is 1. The number of methoxy groups -OCH3 is 1. The highest BCUT2D eigenvalue weighted by Crippen LogP contribution is 2.31. The van der Waals surface area contributed by atoms with Gasteiger partial charge in [0.1, 0.15) is 16.8 Å². The second kappa shape index (κ2) is 9.62. The molecule has 34 heavy (non-hydrogen) atoms. The van der Waals surface area contributed by atoms with Crippen LogP contribution in [-0.2, 0) is 16.1 Å². The average Bonchev–Trinajstić information content (AvgIpc) is 3.44. The van der Waals surface area contributed by atoms with Gasteiger partial charge in [0, 0.05) is 16.5 Å². The number of rotatable bonds is 7. The Bertz CT molecular complexity index is 1260. The Labute approximate surface area is 203 Å². The zero-order valence-electron chi connectivity index (χ0n) is 17.8. The fourth-order valence-corrected chi connectivity index (χ4v) is 4.60. The van der Waals surface area contributed by atoms with Gasteiger partial charge in [-0.1, -0.05) is 17.7 Å². The maximum Gasteiger partial charge on any atom is 0.288 e. The molecule has 0 saturated carbocycles. The van der Waals surface area contributed by atoms with Crippen LogP contribution >= 0.6 is 22.9 Å². The Morgan fingerprint density at radius 1 is 1.24 bits per heavy atom. The number of hydrogen-bond acceptors (Lipinski definition) is 7. The molecule has 1 unspecified atom stereocenters. The molecule has 0 N–H and O–H groups in total. The Balaban J connectivity index is 1.69. The van der Waals surface area contributed by atoms with Gasteiger partial charge in [-0.25, -0.2) is 4.90 Å². The van der Waals surface area contributed by atoms with Crippen molar-refractivity contribution in [2.45, 2.75) is 19.0 Å². The maximum atomic E-state index is 13.5. The van der Waals surface area contributed by atoms with Gasteiger partial charge in [-0.15, -0.1) is 11.3 Å². The van der Waals surface area contributed by atoms with Gasteiger partial charge in [0.2, 0.25) is 5.91 Å². The molecule has 1 aromatic heterocycles. The molecular weight excluding hydrogens is 482 g/mol. The lowest BCUT2D eigenvalue weighted by molar-refractivity contribution is -0.384. The molecule has 4 rings (SSSR count). The zero-order chi connectivity index (χ0) is 24.4. The number of nitrogens with zero attached hydrogens (tertiary/aromatic N) is 3. The maximum absolute atomic E-state index is 13.5. The Hall–Kier alpha value is -3.76. The lowest BCUT2D eigenvalue weighted by Crippen LogP contribution is -2.45. The van der Waals surface area contributed by atoms with E-state index in [9.17, 15) is 24.5 Å². The fourth-order valence-electron chi connectivity index (χ4n) is 3.71. The van der Waals surface area contributed by atoms with Gasteiger partial charge in [-0.3, -0.25) is 24.5 Å². The summed E-state index contributed by atoms with van der Waals surface area (Å²) in [5, 5.41) is 13.0. The van der Waals surface area contributed by atoms with E-state index >= 15 is 0 Å². The molecule has 1 aliphatic rings. The third-order valence-electron chi connectivity index (χ3n) is 5.39. The smallest absolute Gasteiger partial charge is 0.288 e. The largest absolute Gasteiger partial charge is 0.497 e. The predicted octanol–water partition coefficient (Wildman–Crippen LogP) is 4.29. The van der Waals surface area contributed by atoms with E-state index in [1.54, 1.807) is 36.4 Å². The van der Waals surface area contributed by atoms with Crippen LogP contribution in [0.5, 0.6) is 5.75 Å². The summed E-state index contributed by atoms with van der Waals surface area (Å²) in [7, 11) is 1.51. The second-order valence-electron chi connectivity index (χ2n) is 7.42. The van der Waals surface area contributed by atoms with Crippen LogP contribution in [0.3, 0.4) is 0 Å². The number of anilines is 1. The molecule has 0 aliphatic carbocycles.